The second kappa shape index (κ2) is 7.24. The van der Waals surface area contributed by atoms with Crippen molar-refractivity contribution in [3.8, 4) is 22.6 Å². The lowest BCUT2D eigenvalue weighted by Gasteiger charge is -2.19. The zero-order chi connectivity index (χ0) is 19.7. The van der Waals surface area contributed by atoms with Gasteiger partial charge in [-0.05, 0) is 47.5 Å². The molecule has 2 heteroatoms. The highest BCUT2D eigenvalue weighted by atomic mass is 16.5. The lowest BCUT2D eigenvalue weighted by atomic mass is 9.92. The van der Waals surface area contributed by atoms with Crippen LogP contribution in [0.5, 0.6) is 11.5 Å². The Labute approximate surface area is 165 Å². The van der Waals surface area contributed by atoms with Gasteiger partial charge in [-0.2, -0.15) is 0 Å². The number of benzene rings is 4. The molecule has 0 N–H and O–H groups in total. The fraction of sp³-hybridized carbons (Fsp3) is 0.0769. The van der Waals surface area contributed by atoms with E-state index in [4.69, 9.17) is 9.47 Å². The first-order valence-corrected chi connectivity index (χ1v) is 9.25. The van der Waals surface area contributed by atoms with Gasteiger partial charge in [0.15, 0.2) is 0 Å². The van der Waals surface area contributed by atoms with Crippen molar-refractivity contribution in [1.82, 2.24) is 0 Å². The van der Waals surface area contributed by atoms with E-state index < -0.39 is 0 Å². The summed E-state index contributed by atoms with van der Waals surface area (Å²) < 4.78 is 12.1. The molecule has 0 aliphatic heterocycles. The molecule has 0 amide bonds. The Morgan fingerprint density at radius 2 is 0.964 bits per heavy atom. The van der Waals surface area contributed by atoms with E-state index in [1.165, 1.54) is 0 Å². The normalized spacial score (nSPS) is 10.8. The van der Waals surface area contributed by atoms with Crippen LogP contribution in [0, 0.1) is 0 Å². The van der Waals surface area contributed by atoms with Gasteiger partial charge in [0.2, 0.25) is 0 Å². The monoisotopic (exact) mass is 366 g/mol. The standard InChI is InChI=1S/C26H22O2/c1-17(2)27-23-15-13-19-9-5-7-11-21(19)25(23)26-22-12-8-6-10-20(22)14-16-24(26)28-18(3)4/h5-16H,1,3H2,2,4H3. The molecule has 0 fully saturated rings. The molecule has 2 nitrogen and oxygen atoms in total. The summed E-state index contributed by atoms with van der Waals surface area (Å²) in [6, 6.07) is 24.7. The number of hydrogen-bond donors (Lipinski definition) is 0. The Morgan fingerprint density at radius 1 is 0.571 bits per heavy atom. The maximum atomic E-state index is 6.04. The first kappa shape index (κ1) is 17.9. The zero-order valence-electron chi connectivity index (χ0n) is 16.2. The third-order valence-electron chi connectivity index (χ3n) is 4.60. The Bertz CT molecular complexity index is 1120. The van der Waals surface area contributed by atoms with E-state index in [1.807, 2.05) is 50.2 Å². The summed E-state index contributed by atoms with van der Waals surface area (Å²) >= 11 is 0. The van der Waals surface area contributed by atoms with Crippen LogP contribution in [0.1, 0.15) is 13.8 Å². The summed E-state index contributed by atoms with van der Waals surface area (Å²) in [6.45, 7) is 11.6. The molecule has 0 saturated heterocycles. The molecule has 0 atom stereocenters. The van der Waals surface area contributed by atoms with Gasteiger partial charge in [0, 0.05) is 11.1 Å². The molecule has 138 valence electrons. The number of allylic oxidation sites excluding steroid dienone is 2. The van der Waals surface area contributed by atoms with Crippen LogP contribution in [0.4, 0.5) is 0 Å². The number of fused-ring (bicyclic) bond motifs is 2. The summed E-state index contributed by atoms with van der Waals surface area (Å²) in [7, 11) is 0. The Kier molecular flexibility index (Phi) is 4.62. The van der Waals surface area contributed by atoms with E-state index in [2.05, 4.69) is 49.6 Å². The fourth-order valence-electron chi connectivity index (χ4n) is 3.56. The van der Waals surface area contributed by atoms with Gasteiger partial charge in [-0.15, -0.1) is 0 Å². The van der Waals surface area contributed by atoms with Crippen molar-refractivity contribution < 1.29 is 9.47 Å². The molecule has 0 heterocycles. The van der Waals surface area contributed by atoms with Crippen LogP contribution in [-0.4, -0.2) is 0 Å². The topological polar surface area (TPSA) is 18.5 Å². The maximum Gasteiger partial charge on any atom is 0.135 e. The Hall–Kier alpha value is -3.52. The molecule has 0 aromatic heterocycles. The quantitative estimate of drug-likeness (QED) is 0.341. The molecule has 4 aromatic carbocycles. The van der Waals surface area contributed by atoms with Crippen molar-refractivity contribution in [2.45, 2.75) is 13.8 Å². The molecule has 0 aliphatic rings. The number of hydrogen-bond acceptors (Lipinski definition) is 2. The smallest absolute Gasteiger partial charge is 0.135 e. The third kappa shape index (κ3) is 3.25. The van der Waals surface area contributed by atoms with E-state index in [1.54, 1.807) is 0 Å². The molecule has 28 heavy (non-hydrogen) atoms. The Balaban J connectivity index is 2.16. The average molecular weight is 366 g/mol. The SMILES string of the molecule is C=C(C)Oc1ccc2ccccc2c1-c1c(OC(=C)C)ccc2ccccc12. The van der Waals surface area contributed by atoms with Crippen molar-refractivity contribution >= 4 is 21.5 Å². The molecule has 4 rings (SSSR count). The largest absolute Gasteiger partial charge is 0.462 e. The minimum Gasteiger partial charge on any atom is -0.462 e. The summed E-state index contributed by atoms with van der Waals surface area (Å²) in [6.07, 6.45) is 0. The second-order valence-corrected chi connectivity index (χ2v) is 6.93. The van der Waals surface area contributed by atoms with Gasteiger partial charge < -0.3 is 9.47 Å². The summed E-state index contributed by atoms with van der Waals surface area (Å²) in [5.74, 6) is 2.79. The van der Waals surface area contributed by atoms with E-state index in [0.29, 0.717) is 11.5 Å². The fourth-order valence-corrected chi connectivity index (χ4v) is 3.56. The lowest BCUT2D eigenvalue weighted by Crippen LogP contribution is -1.97. The van der Waals surface area contributed by atoms with E-state index in [0.717, 1.165) is 44.2 Å². The minimum atomic E-state index is 0.638. The molecule has 0 unspecified atom stereocenters. The molecule has 0 radical (unpaired) electrons. The Morgan fingerprint density at radius 3 is 1.36 bits per heavy atom. The van der Waals surface area contributed by atoms with Gasteiger partial charge in [0.25, 0.3) is 0 Å². The maximum absolute atomic E-state index is 6.04. The highest BCUT2D eigenvalue weighted by Crippen LogP contribution is 2.46. The summed E-state index contributed by atoms with van der Waals surface area (Å²) in [5.41, 5.74) is 1.99. The first-order chi connectivity index (χ1) is 13.5. The molecular weight excluding hydrogens is 344 g/mol. The van der Waals surface area contributed by atoms with Gasteiger partial charge in [0.1, 0.15) is 11.5 Å². The third-order valence-corrected chi connectivity index (χ3v) is 4.60. The van der Waals surface area contributed by atoms with Crippen molar-refractivity contribution in [2.75, 3.05) is 0 Å². The van der Waals surface area contributed by atoms with Gasteiger partial charge in [0.05, 0.1) is 11.5 Å². The lowest BCUT2D eigenvalue weighted by molar-refractivity contribution is 0.426. The molecule has 0 aliphatic carbocycles. The van der Waals surface area contributed by atoms with Crippen LogP contribution in [0.25, 0.3) is 32.7 Å². The van der Waals surface area contributed by atoms with Crippen molar-refractivity contribution in [3.63, 3.8) is 0 Å². The summed E-state index contributed by atoms with van der Waals surface area (Å²) in [4.78, 5) is 0. The molecule has 4 aromatic rings. The predicted molar refractivity (Wildman–Crippen MR) is 118 cm³/mol. The van der Waals surface area contributed by atoms with Gasteiger partial charge >= 0.3 is 0 Å². The van der Waals surface area contributed by atoms with Crippen molar-refractivity contribution in [2.24, 2.45) is 0 Å². The summed E-state index contributed by atoms with van der Waals surface area (Å²) in [5, 5.41) is 4.48. The molecule has 0 bridgehead atoms. The second-order valence-electron chi connectivity index (χ2n) is 6.93. The highest BCUT2D eigenvalue weighted by molar-refractivity contribution is 6.09. The minimum absolute atomic E-state index is 0.638. The van der Waals surface area contributed by atoms with Gasteiger partial charge in [-0.25, -0.2) is 0 Å². The zero-order valence-corrected chi connectivity index (χ0v) is 16.2. The van der Waals surface area contributed by atoms with E-state index in [9.17, 15) is 0 Å². The van der Waals surface area contributed by atoms with Crippen molar-refractivity contribution in [3.05, 3.63) is 97.5 Å². The van der Waals surface area contributed by atoms with Crippen molar-refractivity contribution in [1.29, 1.82) is 0 Å². The predicted octanol–water partition coefficient (Wildman–Crippen LogP) is 7.48. The number of rotatable bonds is 5. The number of ether oxygens (including phenoxy) is 2. The van der Waals surface area contributed by atoms with Gasteiger partial charge in [-0.3, -0.25) is 0 Å². The molecule has 0 saturated carbocycles. The first-order valence-electron chi connectivity index (χ1n) is 9.25. The van der Waals surface area contributed by atoms with Gasteiger partial charge in [-0.1, -0.05) is 73.8 Å². The van der Waals surface area contributed by atoms with Crippen LogP contribution >= 0.6 is 0 Å². The molecule has 0 spiro atoms. The van der Waals surface area contributed by atoms with Crippen LogP contribution in [0.2, 0.25) is 0 Å². The van der Waals surface area contributed by atoms with Crippen LogP contribution < -0.4 is 9.47 Å². The van der Waals surface area contributed by atoms with Crippen LogP contribution in [0.15, 0.2) is 97.5 Å². The van der Waals surface area contributed by atoms with Crippen LogP contribution in [-0.2, 0) is 0 Å². The highest BCUT2D eigenvalue weighted by Gasteiger charge is 2.19. The van der Waals surface area contributed by atoms with E-state index >= 15 is 0 Å². The van der Waals surface area contributed by atoms with E-state index in [-0.39, 0.29) is 0 Å². The molecular formula is C26H22O2. The average Bonchev–Trinajstić information content (AvgIpc) is 2.67. The van der Waals surface area contributed by atoms with Crippen LogP contribution in [0.3, 0.4) is 0 Å².